The Hall–Kier alpha value is -2.08. The van der Waals surface area contributed by atoms with Crippen LogP contribution in [0.15, 0.2) is 24.3 Å². The minimum atomic E-state index is -0.539. The minimum absolute atomic E-state index is 0.135. The zero-order chi connectivity index (χ0) is 14.4. The summed E-state index contributed by atoms with van der Waals surface area (Å²) in [5, 5.41) is 5.27. The van der Waals surface area contributed by atoms with Gasteiger partial charge >= 0.3 is 6.09 Å². The summed E-state index contributed by atoms with van der Waals surface area (Å²) in [7, 11) is 1.29. The molecule has 1 aromatic rings. The number of nitrogens with one attached hydrogen (secondary N) is 2. The van der Waals surface area contributed by atoms with Crippen LogP contribution in [-0.4, -0.2) is 25.2 Å². The predicted octanol–water partition coefficient (Wildman–Crippen LogP) is 1.79. The van der Waals surface area contributed by atoms with E-state index < -0.39 is 6.09 Å². The van der Waals surface area contributed by atoms with Gasteiger partial charge in [0.1, 0.15) is 0 Å². The number of amides is 2. The zero-order valence-electron chi connectivity index (χ0n) is 11.3. The largest absolute Gasteiger partial charge is 0.453 e. The Labute approximate surface area is 112 Å². The molecule has 2 unspecified atom stereocenters. The number of rotatable bonds is 4. The Morgan fingerprint density at radius 3 is 2.00 bits per heavy atom. The first-order valence-electron chi connectivity index (χ1n) is 5.95. The van der Waals surface area contributed by atoms with Crippen molar-refractivity contribution >= 4 is 23.4 Å². The average Bonchev–Trinajstić information content (AvgIpc) is 2.39. The molecule has 19 heavy (non-hydrogen) atoms. The second-order valence-corrected chi connectivity index (χ2v) is 4.33. The van der Waals surface area contributed by atoms with Crippen molar-refractivity contribution in [3.63, 3.8) is 0 Å². The third-order valence-electron chi connectivity index (χ3n) is 2.79. The van der Waals surface area contributed by atoms with Gasteiger partial charge in [-0.05, 0) is 31.2 Å². The number of hydrogen-bond donors (Lipinski definition) is 3. The maximum atomic E-state index is 11.8. The van der Waals surface area contributed by atoms with E-state index in [1.165, 1.54) is 7.11 Å². The first kappa shape index (κ1) is 15.0. The highest BCUT2D eigenvalue weighted by atomic mass is 16.5. The molecule has 4 N–H and O–H groups in total. The van der Waals surface area contributed by atoms with Crippen LogP contribution in [0.4, 0.5) is 16.2 Å². The van der Waals surface area contributed by atoms with Crippen molar-refractivity contribution in [1.82, 2.24) is 0 Å². The highest BCUT2D eigenvalue weighted by Crippen LogP contribution is 2.15. The van der Waals surface area contributed by atoms with Crippen LogP contribution in [0.2, 0.25) is 0 Å². The monoisotopic (exact) mass is 265 g/mol. The number of ether oxygens (including phenoxy) is 1. The second-order valence-electron chi connectivity index (χ2n) is 4.33. The van der Waals surface area contributed by atoms with E-state index in [1.54, 1.807) is 38.1 Å². The number of benzene rings is 1. The highest BCUT2D eigenvalue weighted by Gasteiger charge is 2.16. The highest BCUT2D eigenvalue weighted by molar-refractivity contribution is 5.93. The van der Waals surface area contributed by atoms with Gasteiger partial charge in [-0.3, -0.25) is 10.1 Å². The fourth-order valence-corrected chi connectivity index (χ4v) is 1.30. The van der Waals surface area contributed by atoms with Gasteiger partial charge in [-0.15, -0.1) is 0 Å². The summed E-state index contributed by atoms with van der Waals surface area (Å²) >= 11 is 0. The molecule has 104 valence electrons. The Morgan fingerprint density at radius 1 is 1.11 bits per heavy atom. The standard InChI is InChI=1S/C13H19N3O3/c1-8(9(2)14)12(17)15-10-4-6-11(7-5-10)16-13(18)19-3/h4-9H,14H2,1-3H3,(H,15,17)(H,16,18). The van der Waals surface area contributed by atoms with Gasteiger partial charge in [-0.1, -0.05) is 6.92 Å². The normalized spacial score (nSPS) is 13.3. The van der Waals surface area contributed by atoms with Crippen molar-refractivity contribution < 1.29 is 14.3 Å². The Morgan fingerprint density at radius 2 is 1.58 bits per heavy atom. The molecule has 0 saturated heterocycles. The Bertz CT molecular complexity index is 443. The van der Waals surface area contributed by atoms with Crippen LogP contribution >= 0.6 is 0 Å². The third kappa shape index (κ3) is 4.59. The van der Waals surface area contributed by atoms with Gasteiger partial charge in [0, 0.05) is 17.4 Å². The van der Waals surface area contributed by atoms with Gasteiger partial charge in [0.2, 0.25) is 5.91 Å². The number of carbonyl (C=O) groups is 2. The van der Waals surface area contributed by atoms with E-state index in [-0.39, 0.29) is 17.9 Å². The van der Waals surface area contributed by atoms with E-state index in [1.807, 2.05) is 0 Å². The molecule has 1 rings (SSSR count). The van der Waals surface area contributed by atoms with Crippen molar-refractivity contribution in [2.75, 3.05) is 17.7 Å². The predicted molar refractivity (Wildman–Crippen MR) is 73.9 cm³/mol. The lowest BCUT2D eigenvalue weighted by Gasteiger charge is -2.15. The van der Waals surface area contributed by atoms with Crippen molar-refractivity contribution in [3.05, 3.63) is 24.3 Å². The van der Waals surface area contributed by atoms with Crippen LogP contribution in [0.5, 0.6) is 0 Å². The number of nitrogens with two attached hydrogens (primary N) is 1. The molecule has 6 heteroatoms. The summed E-state index contributed by atoms with van der Waals surface area (Å²) in [4.78, 5) is 22.8. The van der Waals surface area contributed by atoms with Crippen LogP contribution in [0.25, 0.3) is 0 Å². The Kier molecular flexibility index (Phi) is 5.32. The molecule has 2 atom stereocenters. The molecule has 2 amide bonds. The van der Waals surface area contributed by atoms with Gasteiger partial charge in [-0.25, -0.2) is 4.79 Å². The van der Waals surface area contributed by atoms with E-state index in [0.29, 0.717) is 11.4 Å². The lowest BCUT2D eigenvalue weighted by molar-refractivity contribution is -0.119. The maximum absolute atomic E-state index is 11.8. The average molecular weight is 265 g/mol. The third-order valence-corrected chi connectivity index (χ3v) is 2.79. The quantitative estimate of drug-likeness (QED) is 0.773. The summed E-state index contributed by atoms with van der Waals surface area (Å²) in [6, 6.07) is 6.51. The van der Waals surface area contributed by atoms with Gasteiger partial charge in [-0.2, -0.15) is 0 Å². The molecule has 0 heterocycles. The molecule has 0 saturated carbocycles. The summed E-state index contributed by atoms with van der Waals surface area (Å²) in [5.74, 6) is -0.406. The number of methoxy groups -OCH3 is 1. The summed E-state index contributed by atoms with van der Waals surface area (Å²) in [6.07, 6.45) is -0.539. The summed E-state index contributed by atoms with van der Waals surface area (Å²) < 4.78 is 4.47. The van der Waals surface area contributed by atoms with E-state index in [0.717, 1.165) is 0 Å². The Balaban J connectivity index is 2.62. The van der Waals surface area contributed by atoms with Gasteiger partial charge < -0.3 is 15.8 Å². The summed E-state index contributed by atoms with van der Waals surface area (Å²) in [5.41, 5.74) is 6.90. The molecule has 0 radical (unpaired) electrons. The van der Waals surface area contributed by atoms with Crippen LogP contribution < -0.4 is 16.4 Å². The van der Waals surface area contributed by atoms with Gasteiger partial charge in [0.25, 0.3) is 0 Å². The topological polar surface area (TPSA) is 93.5 Å². The molecule has 0 spiro atoms. The van der Waals surface area contributed by atoms with E-state index in [4.69, 9.17) is 5.73 Å². The molecule has 0 aliphatic carbocycles. The maximum Gasteiger partial charge on any atom is 0.411 e. The number of carbonyl (C=O) groups excluding carboxylic acids is 2. The van der Waals surface area contributed by atoms with Crippen LogP contribution in [0, 0.1) is 5.92 Å². The van der Waals surface area contributed by atoms with Crippen LogP contribution in [0.3, 0.4) is 0 Å². The summed E-state index contributed by atoms with van der Waals surface area (Å²) in [6.45, 7) is 3.56. The lowest BCUT2D eigenvalue weighted by Crippen LogP contribution is -2.34. The van der Waals surface area contributed by atoms with E-state index in [9.17, 15) is 9.59 Å². The number of hydrogen-bond acceptors (Lipinski definition) is 4. The van der Waals surface area contributed by atoms with Gasteiger partial charge in [0.15, 0.2) is 0 Å². The molecule has 0 fully saturated rings. The SMILES string of the molecule is COC(=O)Nc1ccc(NC(=O)C(C)C(C)N)cc1. The van der Waals surface area contributed by atoms with Crippen LogP contribution in [0.1, 0.15) is 13.8 Å². The smallest absolute Gasteiger partial charge is 0.411 e. The molecule has 1 aromatic carbocycles. The number of anilines is 2. The van der Waals surface area contributed by atoms with Crippen molar-refractivity contribution in [3.8, 4) is 0 Å². The lowest BCUT2D eigenvalue weighted by atomic mass is 10.0. The fraction of sp³-hybridized carbons (Fsp3) is 0.385. The van der Waals surface area contributed by atoms with Crippen molar-refractivity contribution in [1.29, 1.82) is 0 Å². The van der Waals surface area contributed by atoms with Crippen molar-refractivity contribution in [2.24, 2.45) is 11.7 Å². The van der Waals surface area contributed by atoms with E-state index in [2.05, 4.69) is 15.4 Å². The van der Waals surface area contributed by atoms with E-state index >= 15 is 0 Å². The molecule has 0 bridgehead atoms. The van der Waals surface area contributed by atoms with Crippen molar-refractivity contribution in [2.45, 2.75) is 19.9 Å². The van der Waals surface area contributed by atoms with Crippen LogP contribution in [-0.2, 0) is 9.53 Å². The molecular formula is C13H19N3O3. The fourth-order valence-electron chi connectivity index (χ4n) is 1.30. The first-order valence-corrected chi connectivity index (χ1v) is 5.95. The minimum Gasteiger partial charge on any atom is -0.453 e. The molecule has 0 aliphatic heterocycles. The first-order chi connectivity index (χ1) is 8.93. The van der Waals surface area contributed by atoms with Gasteiger partial charge in [0.05, 0.1) is 13.0 Å². The second kappa shape index (κ2) is 6.75. The molecule has 0 aliphatic rings. The molecular weight excluding hydrogens is 246 g/mol. The molecule has 0 aromatic heterocycles. The molecule has 6 nitrogen and oxygen atoms in total. The zero-order valence-corrected chi connectivity index (χ0v) is 11.3.